The van der Waals surface area contributed by atoms with Crippen LogP contribution in [-0.4, -0.2) is 26.9 Å². The number of nitrogens with one attached hydrogen (secondary N) is 1. The molecule has 0 amide bonds. The molecule has 0 atom stereocenters. The molecule has 27 heavy (non-hydrogen) atoms. The Labute approximate surface area is 163 Å². The summed E-state index contributed by atoms with van der Waals surface area (Å²) in [7, 11) is 0. The molecule has 0 spiro atoms. The number of hydrogen-bond acceptors (Lipinski definition) is 7. The van der Waals surface area contributed by atoms with Crippen molar-refractivity contribution >= 4 is 21.9 Å². The molecule has 1 heterocycles. The van der Waals surface area contributed by atoms with Gasteiger partial charge in [-0.25, -0.2) is 4.39 Å². The lowest BCUT2D eigenvalue weighted by Crippen LogP contribution is -2.18. The van der Waals surface area contributed by atoms with E-state index in [1.165, 1.54) is 10.9 Å². The van der Waals surface area contributed by atoms with Crippen LogP contribution in [-0.2, 0) is 13.2 Å². The smallest absolute Gasteiger partial charge is 0.260 e. The van der Waals surface area contributed by atoms with Gasteiger partial charge in [-0.3, -0.25) is 0 Å². The van der Waals surface area contributed by atoms with Gasteiger partial charge in [-0.1, -0.05) is 39.2 Å². The summed E-state index contributed by atoms with van der Waals surface area (Å²) in [4.78, 5) is 1.27. The number of benzene rings is 2. The van der Waals surface area contributed by atoms with Gasteiger partial charge in [0.2, 0.25) is 0 Å². The maximum absolute atomic E-state index is 13.8. The third kappa shape index (κ3) is 4.64. The van der Waals surface area contributed by atoms with Crippen molar-refractivity contribution in [2.75, 3.05) is 17.8 Å². The molecule has 3 rings (SSSR count). The van der Waals surface area contributed by atoms with Crippen LogP contribution < -0.4 is 20.6 Å². The van der Waals surface area contributed by atoms with Crippen LogP contribution in [0.1, 0.15) is 18.1 Å². The van der Waals surface area contributed by atoms with Crippen LogP contribution in [0.3, 0.4) is 0 Å². The highest BCUT2D eigenvalue weighted by molar-refractivity contribution is 9.10. The van der Waals surface area contributed by atoms with E-state index in [1.807, 2.05) is 13.0 Å². The van der Waals surface area contributed by atoms with Gasteiger partial charge >= 0.3 is 0 Å². The molecule has 0 unspecified atom stereocenters. The molecule has 0 fully saturated rings. The summed E-state index contributed by atoms with van der Waals surface area (Å²) in [5.74, 6) is 0.909. The van der Waals surface area contributed by atoms with Gasteiger partial charge in [0.15, 0.2) is 11.5 Å². The Hall–Kier alpha value is -2.88. The second kappa shape index (κ2) is 8.67. The summed E-state index contributed by atoms with van der Waals surface area (Å²) in [6.07, 6.45) is 0. The molecule has 3 aromatic rings. The first-order valence-corrected chi connectivity index (χ1v) is 8.97. The van der Waals surface area contributed by atoms with Crippen LogP contribution in [0.5, 0.6) is 11.5 Å². The maximum Gasteiger partial charge on any atom is 0.260 e. The molecule has 0 saturated heterocycles. The van der Waals surface area contributed by atoms with Crippen molar-refractivity contribution in [3.8, 4) is 11.5 Å². The fourth-order valence-electron chi connectivity index (χ4n) is 2.33. The Kier molecular flexibility index (Phi) is 6.07. The van der Waals surface area contributed by atoms with Crippen LogP contribution in [0, 0.1) is 5.82 Å². The van der Waals surface area contributed by atoms with Crippen molar-refractivity contribution in [2.24, 2.45) is 0 Å². The molecule has 2 aromatic carbocycles. The summed E-state index contributed by atoms with van der Waals surface area (Å²) >= 11 is 3.51. The predicted molar refractivity (Wildman–Crippen MR) is 101 cm³/mol. The summed E-state index contributed by atoms with van der Waals surface area (Å²) in [6, 6.07) is 10.1. The van der Waals surface area contributed by atoms with Gasteiger partial charge in [0.05, 0.1) is 13.2 Å². The number of hydrogen-bond donors (Lipinski definition) is 2. The normalized spacial score (nSPS) is 10.6. The minimum Gasteiger partial charge on any atom is -0.490 e. The second-order valence-corrected chi connectivity index (χ2v) is 6.34. The third-order valence-electron chi connectivity index (χ3n) is 3.67. The number of rotatable bonds is 8. The van der Waals surface area contributed by atoms with Gasteiger partial charge in [-0.05, 0) is 41.1 Å². The first-order valence-electron chi connectivity index (χ1n) is 8.17. The Morgan fingerprint density at radius 3 is 2.67 bits per heavy atom. The van der Waals surface area contributed by atoms with Gasteiger partial charge in [-0.15, -0.1) is 4.79 Å². The van der Waals surface area contributed by atoms with Crippen molar-refractivity contribution < 1.29 is 13.9 Å². The van der Waals surface area contributed by atoms with Crippen LogP contribution in [0.4, 0.5) is 10.3 Å². The van der Waals surface area contributed by atoms with E-state index in [0.29, 0.717) is 30.2 Å². The minimum absolute atomic E-state index is 0.0952. The van der Waals surface area contributed by atoms with E-state index in [9.17, 15) is 4.39 Å². The van der Waals surface area contributed by atoms with Crippen LogP contribution in [0.15, 0.2) is 40.9 Å². The first-order chi connectivity index (χ1) is 13.1. The van der Waals surface area contributed by atoms with E-state index in [1.54, 1.807) is 24.3 Å². The monoisotopic (exact) mass is 436 g/mol. The number of halogens is 2. The molecule has 8 nitrogen and oxygen atoms in total. The molecule has 0 radical (unpaired) electrons. The SMILES string of the molecule is CCOc1cc(CNn2nnnc2N)c(Br)cc1OCc1ccccc1F. The highest BCUT2D eigenvalue weighted by atomic mass is 79.9. The Morgan fingerprint density at radius 2 is 1.96 bits per heavy atom. The van der Waals surface area contributed by atoms with E-state index in [4.69, 9.17) is 15.2 Å². The van der Waals surface area contributed by atoms with Crippen molar-refractivity contribution in [1.29, 1.82) is 0 Å². The summed E-state index contributed by atoms with van der Waals surface area (Å²) < 4.78 is 26.0. The zero-order valence-corrected chi connectivity index (χ0v) is 16.1. The molecule has 0 saturated carbocycles. The van der Waals surface area contributed by atoms with Gasteiger partial charge < -0.3 is 20.6 Å². The minimum atomic E-state index is -0.311. The molecule has 0 bridgehead atoms. The van der Waals surface area contributed by atoms with Crippen LogP contribution >= 0.6 is 15.9 Å². The molecule has 10 heteroatoms. The molecular formula is C17H18BrFN6O2. The number of tetrazole rings is 1. The quantitative estimate of drug-likeness (QED) is 0.559. The number of nitrogen functional groups attached to an aromatic ring is 1. The second-order valence-electron chi connectivity index (χ2n) is 5.49. The Bertz CT molecular complexity index is 920. The number of nitrogens with zero attached hydrogens (tertiary/aromatic N) is 4. The van der Waals surface area contributed by atoms with Gasteiger partial charge in [0.25, 0.3) is 5.95 Å². The number of anilines is 1. The molecule has 0 aliphatic heterocycles. The highest BCUT2D eigenvalue weighted by Crippen LogP contribution is 2.34. The van der Waals surface area contributed by atoms with Gasteiger partial charge in [0, 0.05) is 10.0 Å². The summed E-state index contributed by atoms with van der Waals surface area (Å²) in [6.45, 7) is 2.83. The zero-order chi connectivity index (χ0) is 19.2. The molecule has 0 aliphatic rings. The molecule has 3 N–H and O–H groups in total. The van der Waals surface area contributed by atoms with Gasteiger partial charge in [-0.2, -0.15) is 0 Å². The van der Waals surface area contributed by atoms with Crippen molar-refractivity contribution in [3.63, 3.8) is 0 Å². The fourth-order valence-corrected chi connectivity index (χ4v) is 2.79. The van der Waals surface area contributed by atoms with Crippen molar-refractivity contribution in [3.05, 3.63) is 57.8 Å². The summed E-state index contributed by atoms with van der Waals surface area (Å²) in [5.41, 5.74) is 9.96. The molecule has 1 aromatic heterocycles. The zero-order valence-electron chi connectivity index (χ0n) is 14.5. The summed E-state index contributed by atoms with van der Waals surface area (Å²) in [5, 5.41) is 10.8. The lowest BCUT2D eigenvalue weighted by atomic mass is 10.2. The topological polar surface area (TPSA) is 100 Å². The highest BCUT2D eigenvalue weighted by Gasteiger charge is 2.13. The standard InChI is InChI=1S/C17H18BrFN6O2/c1-2-26-15-7-12(9-21-25-17(20)22-23-24-25)13(18)8-16(15)27-10-11-5-3-4-6-14(11)19/h3-8,21H,2,9-10H2,1H3,(H2,20,22,24). The number of ether oxygens (including phenoxy) is 2. The van der Waals surface area contributed by atoms with E-state index in [2.05, 4.69) is 36.9 Å². The van der Waals surface area contributed by atoms with E-state index in [0.717, 1.165) is 10.0 Å². The van der Waals surface area contributed by atoms with E-state index < -0.39 is 0 Å². The lowest BCUT2D eigenvalue weighted by molar-refractivity contribution is 0.265. The molecular weight excluding hydrogens is 419 g/mol. The third-order valence-corrected chi connectivity index (χ3v) is 4.40. The van der Waals surface area contributed by atoms with E-state index in [-0.39, 0.29) is 18.4 Å². The number of nitrogens with two attached hydrogens (primary N) is 1. The lowest BCUT2D eigenvalue weighted by Gasteiger charge is -2.16. The first kappa shape index (κ1) is 18.9. The average Bonchev–Trinajstić information content (AvgIpc) is 3.06. The Morgan fingerprint density at radius 1 is 1.19 bits per heavy atom. The fraction of sp³-hybridized carbons (Fsp3) is 0.235. The van der Waals surface area contributed by atoms with Crippen molar-refractivity contribution in [1.82, 2.24) is 20.3 Å². The predicted octanol–water partition coefficient (Wildman–Crippen LogP) is 2.88. The number of aromatic nitrogens is 4. The molecule has 0 aliphatic carbocycles. The van der Waals surface area contributed by atoms with Crippen LogP contribution in [0.2, 0.25) is 0 Å². The van der Waals surface area contributed by atoms with E-state index >= 15 is 0 Å². The Balaban J connectivity index is 1.77. The van der Waals surface area contributed by atoms with Crippen LogP contribution in [0.25, 0.3) is 0 Å². The average molecular weight is 437 g/mol. The van der Waals surface area contributed by atoms with Gasteiger partial charge in [0.1, 0.15) is 12.4 Å². The maximum atomic E-state index is 13.8. The largest absolute Gasteiger partial charge is 0.490 e. The molecule has 142 valence electrons. The van der Waals surface area contributed by atoms with Crippen molar-refractivity contribution in [2.45, 2.75) is 20.1 Å².